The summed E-state index contributed by atoms with van der Waals surface area (Å²) in [5.74, 6) is -0.0264. The van der Waals surface area contributed by atoms with Crippen LogP contribution in [0.4, 0.5) is 5.00 Å². The summed E-state index contributed by atoms with van der Waals surface area (Å²) < 4.78 is 2.16. The van der Waals surface area contributed by atoms with Crippen molar-refractivity contribution >= 4 is 22.2 Å². The summed E-state index contributed by atoms with van der Waals surface area (Å²) in [4.78, 5) is 14.5. The Morgan fingerprint density at radius 2 is 2.39 bits per heavy atom. The van der Waals surface area contributed by atoms with Crippen LogP contribution in [0.25, 0.3) is 0 Å². The van der Waals surface area contributed by atoms with Crippen LogP contribution in [-0.4, -0.2) is 28.5 Å². The van der Waals surface area contributed by atoms with Gasteiger partial charge in [0.2, 0.25) is 5.91 Å². The molecule has 3 heterocycles. The average molecular weight is 328 g/mol. The molecule has 2 aromatic heterocycles. The van der Waals surface area contributed by atoms with Gasteiger partial charge in [-0.3, -0.25) is 9.69 Å². The van der Waals surface area contributed by atoms with Gasteiger partial charge < -0.3 is 9.88 Å². The maximum atomic E-state index is 12.1. The van der Waals surface area contributed by atoms with E-state index in [0.29, 0.717) is 23.0 Å². The Morgan fingerprint density at radius 3 is 3.13 bits per heavy atom. The van der Waals surface area contributed by atoms with Crippen molar-refractivity contribution < 1.29 is 4.79 Å². The lowest BCUT2D eigenvalue weighted by molar-refractivity contribution is -0.116. The van der Waals surface area contributed by atoms with Gasteiger partial charge in [0.1, 0.15) is 11.1 Å². The van der Waals surface area contributed by atoms with E-state index in [1.54, 1.807) is 6.07 Å². The summed E-state index contributed by atoms with van der Waals surface area (Å²) in [7, 11) is 2.07. The number of hydrogen-bond acceptors (Lipinski definition) is 4. The van der Waals surface area contributed by atoms with Gasteiger partial charge in [-0.25, -0.2) is 0 Å². The highest BCUT2D eigenvalue weighted by Gasteiger charge is 2.27. The van der Waals surface area contributed by atoms with Crippen LogP contribution in [0.3, 0.4) is 0 Å². The summed E-state index contributed by atoms with van der Waals surface area (Å²) in [5, 5.41) is 14.3. The first-order chi connectivity index (χ1) is 11.2. The number of carbonyl (C=O) groups is 1. The topological polar surface area (TPSA) is 61.1 Å². The molecule has 0 bridgehead atoms. The molecular weight excluding hydrogens is 308 g/mol. The standard InChI is InChI=1S/C17H20N4OS/c1-20-8-2-4-14(20)15-5-3-9-21(15)10-6-16(22)19-17-13(12-18)7-11-23-17/h2,4,7-8,11,15H,3,5-6,9-10H2,1H3,(H,19,22)/t15-/m1/s1. The van der Waals surface area contributed by atoms with Gasteiger partial charge in [-0.1, -0.05) is 0 Å². The van der Waals surface area contributed by atoms with E-state index in [1.807, 2.05) is 5.38 Å². The van der Waals surface area contributed by atoms with Crippen LogP contribution in [-0.2, 0) is 11.8 Å². The molecule has 1 aliphatic heterocycles. The molecular formula is C17H20N4OS. The van der Waals surface area contributed by atoms with Gasteiger partial charge in [-0.05, 0) is 43.0 Å². The lowest BCUT2D eigenvalue weighted by Gasteiger charge is -2.24. The van der Waals surface area contributed by atoms with Gasteiger partial charge in [-0.2, -0.15) is 5.26 Å². The van der Waals surface area contributed by atoms with Crippen molar-refractivity contribution in [2.24, 2.45) is 7.05 Å². The first-order valence-corrected chi connectivity index (χ1v) is 8.69. The normalized spacial score (nSPS) is 18.0. The first-order valence-electron chi connectivity index (χ1n) is 7.82. The Bertz CT molecular complexity index is 727. The fraction of sp³-hybridized carbons (Fsp3) is 0.412. The van der Waals surface area contributed by atoms with E-state index in [0.717, 1.165) is 19.5 Å². The second-order valence-electron chi connectivity index (χ2n) is 5.81. The average Bonchev–Trinajstić information content (AvgIpc) is 3.25. The van der Waals surface area contributed by atoms with Crippen molar-refractivity contribution in [3.05, 3.63) is 41.0 Å². The van der Waals surface area contributed by atoms with Crippen LogP contribution >= 0.6 is 11.3 Å². The maximum Gasteiger partial charge on any atom is 0.226 e. The molecule has 1 amide bonds. The minimum Gasteiger partial charge on any atom is -0.353 e. The summed E-state index contributed by atoms with van der Waals surface area (Å²) in [6.45, 7) is 1.78. The third-order valence-corrected chi connectivity index (χ3v) is 5.18. The molecule has 1 aliphatic rings. The highest BCUT2D eigenvalue weighted by molar-refractivity contribution is 7.14. The predicted octanol–water partition coefficient (Wildman–Crippen LogP) is 3.12. The third kappa shape index (κ3) is 3.46. The Kier molecular flexibility index (Phi) is 4.79. The number of nitrogens with one attached hydrogen (secondary N) is 1. The summed E-state index contributed by atoms with van der Waals surface area (Å²) in [5.41, 5.74) is 1.85. The smallest absolute Gasteiger partial charge is 0.226 e. The summed E-state index contributed by atoms with van der Waals surface area (Å²) in [6.07, 6.45) is 4.83. The molecule has 120 valence electrons. The van der Waals surface area contributed by atoms with E-state index in [1.165, 1.54) is 23.5 Å². The number of rotatable bonds is 5. The number of aryl methyl sites for hydroxylation is 1. The monoisotopic (exact) mass is 328 g/mol. The highest BCUT2D eigenvalue weighted by Crippen LogP contribution is 2.32. The zero-order valence-electron chi connectivity index (χ0n) is 13.2. The maximum absolute atomic E-state index is 12.1. The van der Waals surface area contributed by atoms with Gasteiger partial charge in [0, 0.05) is 31.9 Å². The molecule has 0 aromatic carbocycles. The molecule has 6 heteroatoms. The molecule has 0 saturated carbocycles. The number of anilines is 1. The van der Waals surface area contributed by atoms with Gasteiger partial charge in [0.15, 0.2) is 0 Å². The fourth-order valence-corrected chi connectivity index (χ4v) is 3.93. The van der Waals surface area contributed by atoms with Gasteiger partial charge in [-0.15, -0.1) is 11.3 Å². The minimum absolute atomic E-state index is 0.0264. The molecule has 1 saturated heterocycles. The molecule has 5 nitrogen and oxygen atoms in total. The summed E-state index contributed by atoms with van der Waals surface area (Å²) in [6, 6.07) is 8.45. The lowest BCUT2D eigenvalue weighted by Crippen LogP contribution is -2.28. The third-order valence-electron chi connectivity index (χ3n) is 4.35. The fourth-order valence-electron chi connectivity index (χ4n) is 3.18. The van der Waals surface area contributed by atoms with Gasteiger partial charge >= 0.3 is 0 Å². The van der Waals surface area contributed by atoms with Crippen LogP contribution < -0.4 is 5.32 Å². The molecule has 3 rings (SSSR count). The zero-order chi connectivity index (χ0) is 16.2. The SMILES string of the molecule is Cn1cccc1[C@H]1CCCN1CCC(=O)Nc1sccc1C#N. The quantitative estimate of drug-likeness (QED) is 0.917. The largest absolute Gasteiger partial charge is 0.353 e. The van der Waals surface area contributed by atoms with Gasteiger partial charge in [0.05, 0.1) is 11.6 Å². The Hall–Kier alpha value is -2.10. The van der Waals surface area contributed by atoms with E-state index in [4.69, 9.17) is 5.26 Å². The molecule has 2 aromatic rings. The number of nitriles is 1. The van der Waals surface area contributed by atoms with Crippen LogP contribution in [0, 0.1) is 11.3 Å². The number of hydrogen-bond donors (Lipinski definition) is 1. The van der Waals surface area contributed by atoms with Crippen molar-refractivity contribution in [3.63, 3.8) is 0 Å². The number of nitrogens with zero attached hydrogens (tertiary/aromatic N) is 3. The van der Waals surface area contributed by atoms with Crippen LogP contribution in [0.5, 0.6) is 0 Å². The van der Waals surface area contributed by atoms with Crippen molar-refractivity contribution in [1.29, 1.82) is 5.26 Å². The molecule has 0 radical (unpaired) electrons. The van der Waals surface area contributed by atoms with Crippen molar-refractivity contribution in [1.82, 2.24) is 9.47 Å². The molecule has 0 aliphatic carbocycles. The summed E-state index contributed by atoms with van der Waals surface area (Å²) >= 11 is 1.39. The second kappa shape index (κ2) is 6.99. The molecule has 1 fully saturated rings. The highest BCUT2D eigenvalue weighted by atomic mass is 32.1. The second-order valence-corrected chi connectivity index (χ2v) is 6.73. The van der Waals surface area contributed by atoms with E-state index in [2.05, 4.69) is 46.2 Å². The van der Waals surface area contributed by atoms with Crippen molar-refractivity contribution in [3.8, 4) is 6.07 Å². The van der Waals surface area contributed by atoms with Crippen LogP contribution in [0.1, 0.15) is 36.6 Å². The lowest BCUT2D eigenvalue weighted by atomic mass is 10.1. The first kappa shape index (κ1) is 15.8. The van der Waals surface area contributed by atoms with Crippen LogP contribution in [0.15, 0.2) is 29.8 Å². The molecule has 0 spiro atoms. The van der Waals surface area contributed by atoms with E-state index < -0.39 is 0 Å². The van der Waals surface area contributed by atoms with Crippen LogP contribution in [0.2, 0.25) is 0 Å². The van der Waals surface area contributed by atoms with E-state index in [9.17, 15) is 4.79 Å². The molecule has 1 atom stereocenters. The van der Waals surface area contributed by atoms with Gasteiger partial charge in [0.25, 0.3) is 0 Å². The Morgan fingerprint density at radius 1 is 1.52 bits per heavy atom. The predicted molar refractivity (Wildman–Crippen MR) is 91.2 cm³/mol. The molecule has 0 unspecified atom stereocenters. The number of likely N-dealkylation sites (tertiary alicyclic amines) is 1. The number of thiophene rings is 1. The number of aromatic nitrogens is 1. The number of amides is 1. The zero-order valence-corrected chi connectivity index (χ0v) is 14.0. The number of carbonyl (C=O) groups excluding carboxylic acids is 1. The van der Waals surface area contributed by atoms with Crippen molar-refractivity contribution in [2.75, 3.05) is 18.4 Å². The Balaban J connectivity index is 1.56. The molecule has 23 heavy (non-hydrogen) atoms. The van der Waals surface area contributed by atoms with E-state index >= 15 is 0 Å². The minimum atomic E-state index is -0.0264. The van der Waals surface area contributed by atoms with E-state index in [-0.39, 0.29) is 5.91 Å². The van der Waals surface area contributed by atoms with Crippen molar-refractivity contribution in [2.45, 2.75) is 25.3 Å². The molecule has 1 N–H and O–H groups in total. The Labute approximate surface area is 140 Å².